The Morgan fingerprint density at radius 2 is 1.10 bits per heavy atom. The van der Waals surface area contributed by atoms with Gasteiger partial charge in [-0.25, -0.2) is 4.79 Å². The minimum atomic E-state index is -1.78. The average Bonchev–Trinajstić information content (AvgIpc) is 2.83. The van der Waals surface area contributed by atoms with Gasteiger partial charge in [0.1, 0.15) is 24.2 Å². The van der Waals surface area contributed by atoms with Crippen LogP contribution in [0.4, 0.5) is 0 Å². The molecule has 18 nitrogen and oxygen atoms in total. The van der Waals surface area contributed by atoms with Gasteiger partial charge < -0.3 is 53.2 Å². The molecule has 0 heterocycles. The summed E-state index contributed by atoms with van der Waals surface area (Å²) in [4.78, 5) is 94.3. The van der Waals surface area contributed by atoms with Crippen LogP contribution in [0.25, 0.3) is 0 Å². The Hall–Kier alpha value is -4.32. The van der Waals surface area contributed by atoms with Gasteiger partial charge in [-0.05, 0) is 26.2 Å². The summed E-state index contributed by atoms with van der Waals surface area (Å²) < 4.78 is 0. The number of carboxylic acids is 3. The largest absolute Gasteiger partial charge is 0.481 e. The molecule has 220 valence electrons. The molecule has 0 rings (SSSR count). The topological polar surface area (TPSA) is 318 Å². The molecular formula is C21H34N6O12. The van der Waals surface area contributed by atoms with Gasteiger partial charge in [0.05, 0.1) is 12.6 Å². The Bertz CT molecular complexity index is 940. The van der Waals surface area contributed by atoms with E-state index in [0.717, 1.165) is 6.92 Å². The first-order chi connectivity index (χ1) is 18.1. The van der Waals surface area contributed by atoms with E-state index < -0.39 is 116 Å². The molecule has 5 atom stereocenters. The van der Waals surface area contributed by atoms with Crippen LogP contribution >= 0.6 is 0 Å². The molecule has 0 radical (unpaired) electrons. The average molecular weight is 563 g/mol. The maximum Gasteiger partial charge on any atom is 0.326 e. The van der Waals surface area contributed by atoms with Crippen LogP contribution in [-0.2, 0) is 38.4 Å². The number of aliphatic carboxylic acids is 3. The van der Waals surface area contributed by atoms with E-state index in [4.69, 9.17) is 21.7 Å². The number of carbonyl (C=O) groups excluding carboxylic acids is 5. The molecule has 0 unspecified atom stereocenters. The molecular weight excluding hydrogens is 528 g/mol. The molecule has 0 aliphatic heterocycles. The van der Waals surface area contributed by atoms with Crippen LogP contribution in [0, 0.1) is 0 Å². The molecule has 0 spiro atoms. The van der Waals surface area contributed by atoms with E-state index in [1.807, 2.05) is 5.32 Å². The van der Waals surface area contributed by atoms with E-state index in [2.05, 4.69) is 16.0 Å². The third kappa shape index (κ3) is 14.3. The Morgan fingerprint density at radius 3 is 1.51 bits per heavy atom. The second kappa shape index (κ2) is 17.2. The molecule has 12 N–H and O–H groups in total. The number of carbonyl (C=O) groups is 8. The fraction of sp³-hybridized carbons (Fsp3) is 0.619. The molecule has 5 amide bonds. The van der Waals surface area contributed by atoms with Gasteiger partial charge in [0.15, 0.2) is 0 Å². The number of primary amides is 1. The minimum Gasteiger partial charge on any atom is -0.481 e. The van der Waals surface area contributed by atoms with Gasteiger partial charge in [-0.15, -0.1) is 0 Å². The van der Waals surface area contributed by atoms with Crippen molar-refractivity contribution in [1.82, 2.24) is 21.3 Å². The molecule has 0 bridgehead atoms. The smallest absolute Gasteiger partial charge is 0.326 e. The maximum absolute atomic E-state index is 12.9. The highest BCUT2D eigenvalue weighted by molar-refractivity contribution is 5.95. The standard InChI is InChI=1S/C21H34N6O12/c1-9(28)17(20(37)26-12(21(38)39)2-5-13(23)29)27-19(36)11(4-7-16(33)34)25-18(35)10(3-6-15(31)32)24-14(30)8-22/h9-12,17,28H,2-8,22H2,1H3,(H2,23,29)(H,24,30)(H,25,35)(H,26,37)(H,27,36)(H,31,32)(H,33,34)(H,38,39)/t9-,10+,11+,12+,17+/m1/s1. The molecule has 39 heavy (non-hydrogen) atoms. The van der Waals surface area contributed by atoms with Crippen molar-refractivity contribution in [1.29, 1.82) is 0 Å². The van der Waals surface area contributed by atoms with Crippen LogP contribution in [0.5, 0.6) is 0 Å². The van der Waals surface area contributed by atoms with Crippen molar-refractivity contribution in [3.05, 3.63) is 0 Å². The summed E-state index contributed by atoms with van der Waals surface area (Å²) in [6.07, 6.45) is -4.51. The first-order valence-electron chi connectivity index (χ1n) is 11.6. The highest BCUT2D eigenvalue weighted by atomic mass is 16.4. The quantitative estimate of drug-likeness (QED) is 0.0708. The van der Waals surface area contributed by atoms with E-state index >= 15 is 0 Å². The van der Waals surface area contributed by atoms with Crippen molar-refractivity contribution < 1.29 is 58.8 Å². The van der Waals surface area contributed by atoms with Crippen molar-refractivity contribution >= 4 is 47.4 Å². The molecule has 0 aliphatic rings. The monoisotopic (exact) mass is 562 g/mol. The van der Waals surface area contributed by atoms with Gasteiger partial charge in [0.25, 0.3) is 0 Å². The number of nitrogens with one attached hydrogen (secondary N) is 4. The van der Waals surface area contributed by atoms with Crippen LogP contribution in [-0.4, -0.2) is 105 Å². The zero-order chi connectivity index (χ0) is 30.3. The van der Waals surface area contributed by atoms with E-state index in [1.54, 1.807) is 0 Å². The van der Waals surface area contributed by atoms with Crippen molar-refractivity contribution in [2.75, 3.05) is 6.54 Å². The number of hydrogen-bond donors (Lipinski definition) is 10. The van der Waals surface area contributed by atoms with Crippen molar-refractivity contribution in [3.63, 3.8) is 0 Å². The fourth-order valence-corrected chi connectivity index (χ4v) is 3.06. The second-order valence-corrected chi connectivity index (χ2v) is 8.38. The predicted molar refractivity (Wildman–Crippen MR) is 128 cm³/mol. The summed E-state index contributed by atoms with van der Waals surface area (Å²) in [5.41, 5.74) is 10.2. The highest BCUT2D eigenvalue weighted by Gasteiger charge is 2.33. The second-order valence-electron chi connectivity index (χ2n) is 8.38. The van der Waals surface area contributed by atoms with E-state index in [-0.39, 0.29) is 6.42 Å². The Labute approximate surface area is 221 Å². The summed E-state index contributed by atoms with van der Waals surface area (Å²) in [5, 5.41) is 45.7. The lowest BCUT2D eigenvalue weighted by Crippen LogP contribution is -2.60. The zero-order valence-corrected chi connectivity index (χ0v) is 21.0. The summed E-state index contributed by atoms with van der Waals surface area (Å²) in [6.45, 7) is 0.542. The molecule has 0 saturated heterocycles. The van der Waals surface area contributed by atoms with Gasteiger partial charge in [-0.2, -0.15) is 0 Å². The van der Waals surface area contributed by atoms with Crippen LogP contribution in [0.1, 0.15) is 45.4 Å². The Morgan fingerprint density at radius 1 is 0.667 bits per heavy atom. The summed E-state index contributed by atoms with van der Waals surface area (Å²) in [7, 11) is 0. The van der Waals surface area contributed by atoms with Crippen LogP contribution in [0.15, 0.2) is 0 Å². The molecule has 18 heteroatoms. The Kier molecular flexibility index (Phi) is 15.3. The minimum absolute atomic E-state index is 0.388. The van der Waals surface area contributed by atoms with E-state index in [9.17, 15) is 48.6 Å². The maximum atomic E-state index is 12.9. The summed E-state index contributed by atoms with van der Waals surface area (Å²) in [6, 6.07) is -6.49. The third-order valence-corrected chi connectivity index (χ3v) is 5.12. The van der Waals surface area contributed by atoms with Gasteiger partial charge in [-0.3, -0.25) is 33.6 Å². The third-order valence-electron chi connectivity index (χ3n) is 5.12. The van der Waals surface area contributed by atoms with E-state index in [1.165, 1.54) is 0 Å². The SMILES string of the molecule is C[C@@H](O)[C@H](NC(=O)[C@H](CCC(=O)O)NC(=O)[C@H](CCC(=O)O)NC(=O)CN)C(=O)N[C@@H](CCC(N)=O)C(=O)O. The lowest BCUT2D eigenvalue weighted by atomic mass is 10.1. The fourth-order valence-electron chi connectivity index (χ4n) is 3.06. The summed E-state index contributed by atoms with van der Waals surface area (Å²) in [5.74, 6) is -9.22. The normalized spacial score (nSPS) is 14.4. The molecule has 0 aromatic rings. The van der Waals surface area contributed by atoms with Crippen LogP contribution < -0.4 is 32.7 Å². The molecule has 0 aliphatic carbocycles. The molecule has 0 fully saturated rings. The highest BCUT2D eigenvalue weighted by Crippen LogP contribution is 2.06. The van der Waals surface area contributed by atoms with Gasteiger partial charge in [0, 0.05) is 19.3 Å². The lowest BCUT2D eigenvalue weighted by Gasteiger charge is -2.27. The van der Waals surface area contributed by atoms with Gasteiger partial charge in [-0.1, -0.05) is 0 Å². The molecule has 0 saturated carbocycles. The molecule has 0 aromatic carbocycles. The van der Waals surface area contributed by atoms with Crippen molar-refractivity contribution in [3.8, 4) is 0 Å². The number of hydrogen-bond acceptors (Lipinski definition) is 10. The first-order valence-corrected chi connectivity index (χ1v) is 11.6. The van der Waals surface area contributed by atoms with Crippen LogP contribution in [0.2, 0.25) is 0 Å². The number of nitrogens with two attached hydrogens (primary N) is 2. The van der Waals surface area contributed by atoms with Gasteiger partial charge in [0.2, 0.25) is 29.5 Å². The van der Waals surface area contributed by atoms with Crippen molar-refractivity contribution in [2.45, 2.75) is 75.7 Å². The lowest BCUT2D eigenvalue weighted by molar-refractivity contribution is -0.143. The first kappa shape index (κ1) is 34.7. The number of aliphatic hydroxyl groups is 1. The summed E-state index contributed by atoms with van der Waals surface area (Å²) >= 11 is 0. The van der Waals surface area contributed by atoms with Gasteiger partial charge >= 0.3 is 17.9 Å². The number of carboxylic acid groups (broad SMARTS) is 3. The number of amides is 5. The zero-order valence-electron chi connectivity index (χ0n) is 21.0. The Balaban J connectivity index is 5.77. The van der Waals surface area contributed by atoms with Crippen molar-refractivity contribution in [2.24, 2.45) is 11.5 Å². The number of rotatable bonds is 19. The van der Waals surface area contributed by atoms with Crippen LogP contribution in [0.3, 0.4) is 0 Å². The number of aliphatic hydroxyl groups excluding tert-OH is 1. The predicted octanol–water partition coefficient (Wildman–Crippen LogP) is -4.66. The molecule has 0 aromatic heterocycles. The van der Waals surface area contributed by atoms with E-state index in [0.29, 0.717) is 0 Å².